The van der Waals surface area contributed by atoms with Gasteiger partial charge in [0, 0.05) is 19.8 Å². The highest BCUT2D eigenvalue weighted by molar-refractivity contribution is 7.88. The number of nitrogens with one attached hydrogen (secondary N) is 1. The second-order valence-electron chi connectivity index (χ2n) is 6.64. The van der Waals surface area contributed by atoms with E-state index in [2.05, 4.69) is 9.82 Å². The van der Waals surface area contributed by atoms with E-state index in [0.717, 1.165) is 29.0 Å². The molecule has 0 fully saturated rings. The van der Waals surface area contributed by atoms with Crippen LogP contribution in [0.15, 0.2) is 60.8 Å². The van der Waals surface area contributed by atoms with Gasteiger partial charge in [-0.15, -0.1) is 0 Å². The molecule has 9 heteroatoms. The van der Waals surface area contributed by atoms with Crippen molar-refractivity contribution in [3.8, 4) is 11.3 Å². The lowest BCUT2D eigenvalue weighted by Gasteiger charge is -2.09. The Bertz CT molecular complexity index is 1060. The topological polar surface area (TPSA) is 64.0 Å². The molecule has 0 aliphatic rings. The number of nitrogens with zero attached hydrogens (tertiary/aromatic N) is 2. The van der Waals surface area contributed by atoms with Gasteiger partial charge in [0.25, 0.3) is 0 Å². The van der Waals surface area contributed by atoms with Gasteiger partial charge in [-0.2, -0.15) is 18.3 Å². The van der Waals surface area contributed by atoms with Crippen LogP contribution in [0, 0.1) is 0 Å². The summed E-state index contributed by atoms with van der Waals surface area (Å²) in [6, 6.07) is 13.8. The van der Waals surface area contributed by atoms with Crippen LogP contribution in [-0.2, 0) is 35.4 Å². The highest BCUT2D eigenvalue weighted by Gasteiger charge is 2.30. The Labute approximate surface area is 167 Å². The number of alkyl halides is 3. The number of hydrogen-bond donors (Lipinski definition) is 1. The van der Waals surface area contributed by atoms with Crippen LogP contribution in [0.5, 0.6) is 0 Å². The van der Waals surface area contributed by atoms with Crippen LogP contribution in [0.25, 0.3) is 11.3 Å². The fourth-order valence-corrected chi connectivity index (χ4v) is 4.06. The molecule has 29 heavy (non-hydrogen) atoms. The molecule has 2 aromatic carbocycles. The zero-order chi connectivity index (χ0) is 21.1. The Morgan fingerprint density at radius 3 is 2.14 bits per heavy atom. The summed E-state index contributed by atoms with van der Waals surface area (Å²) in [6.07, 6.45) is -2.23. The van der Waals surface area contributed by atoms with Crippen LogP contribution in [0.3, 0.4) is 0 Å². The first-order chi connectivity index (χ1) is 13.6. The van der Waals surface area contributed by atoms with Crippen LogP contribution in [0.1, 0.15) is 16.7 Å². The van der Waals surface area contributed by atoms with Crippen LogP contribution in [0.4, 0.5) is 13.2 Å². The summed E-state index contributed by atoms with van der Waals surface area (Å²) >= 11 is 0. The average Bonchev–Trinajstić information content (AvgIpc) is 3.07. The molecular formula is C20H20F3N3O2S. The Hall–Kier alpha value is -2.65. The Morgan fingerprint density at radius 1 is 0.966 bits per heavy atom. The van der Waals surface area contributed by atoms with Crippen molar-refractivity contribution in [2.45, 2.75) is 18.3 Å². The third kappa shape index (κ3) is 5.68. The molecular weight excluding hydrogens is 403 g/mol. The smallest absolute Gasteiger partial charge is 0.268 e. The van der Waals surface area contributed by atoms with E-state index >= 15 is 0 Å². The molecule has 1 N–H and O–H groups in total. The largest absolute Gasteiger partial charge is 0.416 e. The molecule has 0 saturated carbocycles. The molecule has 0 aliphatic carbocycles. The molecule has 154 valence electrons. The maximum atomic E-state index is 12.6. The minimum atomic E-state index is -4.44. The van der Waals surface area contributed by atoms with Gasteiger partial charge in [0.15, 0.2) is 0 Å². The second kappa shape index (κ2) is 8.38. The Morgan fingerprint density at radius 2 is 1.59 bits per heavy atom. The summed E-state index contributed by atoms with van der Waals surface area (Å²) < 4.78 is 66.3. The molecule has 0 spiro atoms. The van der Waals surface area contributed by atoms with E-state index < -0.39 is 21.8 Å². The van der Waals surface area contributed by atoms with Gasteiger partial charge in [-0.1, -0.05) is 36.4 Å². The average molecular weight is 423 g/mol. The lowest BCUT2D eigenvalue weighted by molar-refractivity contribution is -0.137. The summed E-state index contributed by atoms with van der Waals surface area (Å²) in [6.45, 7) is 0.202. The van der Waals surface area contributed by atoms with Crippen LogP contribution in [0.2, 0.25) is 0 Å². The zero-order valence-corrected chi connectivity index (χ0v) is 16.5. The first-order valence-electron chi connectivity index (χ1n) is 8.85. The van der Waals surface area contributed by atoms with Crippen LogP contribution < -0.4 is 4.72 Å². The molecule has 5 nitrogen and oxygen atoms in total. The van der Waals surface area contributed by atoms with Gasteiger partial charge in [-0.3, -0.25) is 4.68 Å². The highest BCUT2D eigenvalue weighted by atomic mass is 32.2. The van der Waals surface area contributed by atoms with E-state index in [-0.39, 0.29) is 12.3 Å². The van der Waals surface area contributed by atoms with Gasteiger partial charge < -0.3 is 0 Å². The molecule has 0 radical (unpaired) electrons. The van der Waals surface area contributed by atoms with Crippen molar-refractivity contribution in [3.63, 3.8) is 0 Å². The van der Waals surface area contributed by atoms with Crippen molar-refractivity contribution in [2.75, 3.05) is 6.54 Å². The van der Waals surface area contributed by atoms with Crippen LogP contribution in [-0.4, -0.2) is 24.7 Å². The Balaban J connectivity index is 1.53. The number of sulfonamides is 1. The fraction of sp³-hybridized carbons (Fsp3) is 0.250. The summed E-state index contributed by atoms with van der Waals surface area (Å²) in [5, 5.41) is 4.13. The first kappa shape index (κ1) is 21.1. The van der Waals surface area contributed by atoms with E-state index in [9.17, 15) is 21.6 Å². The van der Waals surface area contributed by atoms with Crippen molar-refractivity contribution < 1.29 is 21.6 Å². The molecule has 0 saturated heterocycles. The summed E-state index contributed by atoms with van der Waals surface area (Å²) in [5.74, 6) is -0.370. The Kier molecular flexibility index (Phi) is 6.09. The quantitative estimate of drug-likeness (QED) is 0.629. The summed E-state index contributed by atoms with van der Waals surface area (Å²) in [4.78, 5) is 0. The first-order valence-corrected chi connectivity index (χ1v) is 10.5. The molecule has 1 heterocycles. The van der Waals surface area contributed by atoms with Gasteiger partial charge in [0.05, 0.1) is 17.0 Å². The third-order valence-corrected chi connectivity index (χ3v) is 5.80. The number of halogens is 3. The summed E-state index contributed by atoms with van der Waals surface area (Å²) in [5.41, 5.74) is 2.45. The maximum absolute atomic E-state index is 12.6. The normalized spacial score (nSPS) is 12.3. The molecule has 0 atom stereocenters. The SMILES string of the molecule is Cn1nccc1-c1ccc(CCNS(=O)(=O)Cc2ccc(C(F)(F)F)cc2)cc1. The molecule has 0 bridgehead atoms. The number of benzene rings is 2. The minimum Gasteiger partial charge on any atom is -0.268 e. The molecule has 3 aromatic rings. The van der Waals surface area contributed by atoms with Gasteiger partial charge in [-0.05, 0) is 41.3 Å². The molecule has 0 amide bonds. The zero-order valence-electron chi connectivity index (χ0n) is 15.6. The number of hydrogen-bond acceptors (Lipinski definition) is 3. The van der Waals surface area contributed by atoms with Crippen molar-refractivity contribution in [3.05, 3.63) is 77.5 Å². The predicted molar refractivity (Wildman–Crippen MR) is 104 cm³/mol. The van der Waals surface area contributed by atoms with Gasteiger partial charge in [0.2, 0.25) is 10.0 Å². The van der Waals surface area contributed by atoms with Gasteiger partial charge >= 0.3 is 6.18 Å². The van der Waals surface area contributed by atoms with E-state index in [1.807, 2.05) is 37.4 Å². The molecule has 0 aliphatic heterocycles. The van der Waals surface area contributed by atoms with Crippen LogP contribution >= 0.6 is 0 Å². The van der Waals surface area contributed by atoms with Crippen molar-refractivity contribution in [1.82, 2.24) is 14.5 Å². The second-order valence-corrected chi connectivity index (χ2v) is 8.44. The predicted octanol–water partition coefficient (Wildman–Crippen LogP) is 3.77. The van der Waals surface area contributed by atoms with E-state index in [1.54, 1.807) is 10.9 Å². The van der Waals surface area contributed by atoms with E-state index in [0.29, 0.717) is 12.0 Å². The standard InChI is InChI=1S/C20H20F3N3O2S/c1-26-19(11-12-24-26)17-6-2-15(3-7-17)10-13-25-29(27,28)14-16-4-8-18(9-5-16)20(21,22)23/h2-9,11-12,25H,10,13-14H2,1H3. The maximum Gasteiger partial charge on any atom is 0.416 e. The monoisotopic (exact) mass is 423 g/mol. The third-order valence-electron chi connectivity index (χ3n) is 4.44. The van der Waals surface area contributed by atoms with Crippen molar-refractivity contribution in [1.29, 1.82) is 0 Å². The van der Waals surface area contributed by atoms with Crippen molar-refractivity contribution in [2.24, 2.45) is 7.05 Å². The van der Waals surface area contributed by atoms with E-state index in [1.165, 1.54) is 12.1 Å². The number of aryl methyl sites for hydroxylation is 1. The lowest BCUT2D eigenvalue weighted by Crippen LogP contribution is -2.27. The van der Waals surface area contributed by atoms with Gasteiger partial charge in [-0.25, -0.2) is 13.1 Å². The highest BCUT2D eigenvalue weighted by Crippen LogP contribution is 2.29. The number of rotatable bonds is 7. The fourth-order valence-electron chi connectivity index (χ4n) is 2.91. The van der Waals surface area contributed by atoms with Crippen molar-refractivity contribution >= 4 is 10.0 Å². The van der Waals surface area contributed by atoms with Gasteiger partial charge in [0.1, 0.15) is 0 Å². The molecule has 3 rings (SSSR count). The van der Waals surface area contributed by atoms with E-state index in [4.69, 9.17) is 0 Å². The minimum absolute atomic E-state index is 0.202. The number of aromatic nitrogens is 2. The molecule has 0 unspecified atom stereocenters. The molecule has 1 aromatic heterocycles. The lowest BCUT2D eigenvalue weighted by atomic mass is 10.1. The summed E-state index contributed by atoms with van der Waals surface area (Å²) in [7, 11) is -1.79.